The first-order valence-electron chi connectivity index (χ1n) is 12.1. The molecule has 1 heteroatoms. The molecular weight excluding hydrogens is 374 g/mol. The van der Waals surface area contributed by atoms with Crippen molar-refractivity contribution in [3.63, 3.8) is 0 Å². The second-order valence-corrected chi connectivity index (χ2v) is 10.2. The van der Waals surface area contributed by atoms with Gasteiger partial charge in [0.2, 0.25) is 0 Å². The highest BCUT2D eigenvalue weighted by Crippen LogP contribution is 2.32. The maximum Gasteiger partial charge on any atom is 0.0361 e. The summed E-state index contributed by atoms with van der Waals surface area (Å²) in [4.78, 5) is 0. The third kappa shape index (κ3) is 6.68. The molecule has 2 aromatic carbocycles. The number of hydrogen-bond donors (Lipinski definition) is 1. The van der Waals surface area contributed by atoms with Crippen LogP contribution in [0.1, 0.15) is 80.7 Å². The van der Waals surface area contributed by atoms with Crippen molar-refractivity contribution >= 4 is 5.57 Å². The zero-order chi connectivity index (χ0) is 22.3. The Morgan fingerprint density at radius 2 is 1.65 bits per heavy atom. The van der Waals surface area contributed by atoms with E-state index in [9.17, 15) is 0 Å². The van der Waals surface area contributed by atoms with Gasteiger partial charge in [0, 0.05) is 6.04 Å². The molecule has 0 aromatic heterocycles. The summed E-state index contributed by atoms with van der Waals surface area (Å²) < 4.78 is 0. The molecule has 1 N–H and O–H groups in total. The van der Waals surface area contributed by atoms with E-state index in [0.717, 1.165) is 32.2 Å². The van der Waals surface area contributed by atoms with Crippen molar-refractivity contribution in [1.82, 2.24) is 5.32 Å². The highest BCUT2D eigenvalue weighted by molar-refractivity contribution is 5.75. The maximum absolute atomic E-state index is 4.39. The van der Waals surface area contributed by atoms with Crippen molar-refractivity contribution in [2.45, 2.75) is 83.6 Å². The van der Waals surface area contributed by atoms with Crippen LogP contribution in [0, 0.1) is 0 Å². The van der Waals surface area contributed by atoms with E-state index in [1.54, 1.807) is 0 Å². The fraction of sp³-hybridized carbons (Fsp3) is 0.467. The van der Waals surface area contributed by atoms with Crippen LogP contribution < -0.4 is 5.32 Å². The van der Waals surface area contributed by atoms with E-state index in [4.69, 9.17) is 0 Å². The topological polar surface area (TPSA) is 12.0 Å². The van der Waals surface area contributed by atoms with Crippen molar-refractivity contribution < 1.29 is 0 Å². The fourth-order valence-electron chi connectivity index (χ4n) is 4.55. The van der Waals surface area contributed by atoms with Crippen LogP contribution in [-0.4, -0.2) is 12.6 Å². The molecule has 2 aromatic rings. The van der Waals surface area contributed by atoms with Gasteiger partial charge < -0.3 is 5.32 Å². The molecule has 166 valence electrons. The van der Waals surface area contributed by atoms with Crippen LogP contribution in [0.2, 0.25) is 0 Å². The van der Waals surface area contributed by atoms with Gasteiger partial charge in [0.15, 0.2) is 0 Å². The molecule has 0 heterocycles. The minimum Gasteiger partial charge on any atom is -0.310 e. The normalized spacial score (nSPS) is 15.8. The fourth-order valence-corrected chi connectivity index (χ4v) is 4.55. The molecule has 0 amide bonds. The summed E-state index contributed by atoms with van der Waals surface area (Å²) in [7, 11) is 0. The van der Waals surface area contributed by atoms with Crippen molar-refractivity contribution in [2.24, 2.45) is 0 Å². The van der Waals surface area contributed by atoms with Crippen molar-refractivity contribution in [3.8, 4) is 0 Å². The van der Waals surface area contributed by atoms with E-state index in [-0.39, 0.29) is 5.41 Å². The van der Waals surface area contributed by atoms with Gasteiger partial charge in [0.05, 0.1) is 0 Å². The molecule has 3 rings (SSSR count). The van der Waals surface area contributed by atoms with Gasteiger partial charge in [-0.15, -0.1) is 6.58 Å². The van der Waals surface area contributed by atoms with Crippen LogP contribution in [0.4, 0.5) is 0 Å². The molecule has 1 aliphatic rings. The molecule has 1 atom stereocenters. The molecule has 0 saturated heterocycles. The lowest BCUT2D eigenvalue weighted by Crippen LogP contribution is -2.29. The third-order valence-electron chi connectivity index (χ3n) is 6.59. The van der Waals surface area contributed by atoms with E-state index in [0.29, 0.717) is 6.04 Å². The molecule has 0 fully saturated rings. The molecule has 0 aliphatic heterocycles. The number of benzene rings is 2. The van der Waals surface area contributed by atoms with E-state index >= 15 is 0 Å². The van der Waals surface area contributed by atoms with Crippen LogP contribution in [0.25, 0.3) is 5.57 Å². The minimum atomic E-state index is 0.227. The molecule has 0 saturated carbocycles. The maximum atomic E-state index is 4.39. The summed E-state index contributed by atoms with van der Waals surface area (Å²) in [6.07, 6.45) is 11.5. The zero-order valence-corrected chi connectivity index (χ0v) is 20.0. The Labute approximate surface area is 190 Å². The third-order valence-corrected chi connectivity index (χ3v) is 6.59. The second kappa shape index (κ2) is 11.0. The van der Waals surface area contributed by atoms with Gasteiger partial charge in [-0.2, -0.15) is 0 Å². The predicted molar refractivity (Wildman–Crippen MR) is 137 cm³/mol. The lowest BCUT2D eigenvalue weighted by molar-refractivity contribution is 0.568. The van der Waals surface area contributed by atoms with Gasteiger partial charge >= 0.3 is 0 Å². The Morgan fingerprint density at radius 3 is 2.35 bits per heavy atom. The molecule has 0 spiro atoms. The number of allylic oxidation sites excluding steroid dienone is 1. The summed E-state index contributed by atoms with van der Waals surface area (Å²) in [5.74, 6) is 0. The summed E-state index contributed by atoms with van der Waals surface area (Å²) >= 11 is 0. The number of aryl methyl sites for hydroxylation is 2. The van der Waals surface area contributed by atoms with Crippen LogP contribution in [0.5, 0.6) is 0 Å². The Hall–Kier alpha value is -2.12. The lowest BCUT2D eigenvalue weighted by atomic mass is 9.86. The average molecular weight is 416 g/mol. The first kappa shape index (κ1) is 23.5. The van der Waals surface area contributed by atoms with Gasteiger partial charge in [0.25, 0.3) is 0 Å². The van der Waals surface area contributed by atoms with E-state index in [1.165, 1.54) is 59.1 Å². The van der Waals surface area contributed by atoms with Crippen LogP contribution in [0.15, 0.2) is 61.7 Å². The monoisotopic (exact) mass is 415 g/mol. The van der Waals surface area contributed by atoms with E-state index in [1.807, 2.05) is 6.08 Å². The van der Waals surface area contributed by atoms with Crippen molar-refractivity contribution in [3.05, 3.63) is 89.5 Å². The predicted octanol–water partition coefficient (Wildman–Crippen LogP) is 7.43. The highest BCUT2D eigenvalue weighted by atomic mass is 14.9. The average Bonchev–Trinajstić information content (AvgIpc) is 3.05. The van der Waals surface area contributed by atoms with Gasteiger partial charge in [-0.05, 0) is 90.3 Å². The smallest absolute Gasteiger partial charge is 0.0361 e. The quantitative estimate of drug-likeness (QED) is 0.297. The lowest BCUT2D eigenvalue weighted by Gasteiger charge is -2.19. The Balaban J connectivity index is 1.46. The molecule has 1 unspecified atom stereocenters. The Kier molecular flexibility index (Phi) is 8.32. The molecule has 0 radical (unpaired) electrons. The van der Waals surface area contributed by atoms with Crippen LogP contribution in [0.3, 0.4) is 0 Å². The summed E-state index contributed by atoms with van der Waals surface area (Å²) in [5, 5.41) is 3.73. The minimum absolute atomic E-state index is 0.227. The van der Waals surface area contributed by atoms with Crippen molar-refractivity contribution in [1.29, 1.82) is 0 Å². The molecule has 1 nitrogen and oxygen atoms in total. The SMILES string of the molecule is C=CCCCCCNC1Cc2cc(CCCc3ccc(C(C)(C)C)cc3)ccc2C1=C. The first-order chi connectivity index (χ1) is 14.9. The van der Waals surface area contributed by atoms with Gasteiger partial charge in [-0.1, -0.05) is 82.3 Å². The molecule has 31 heavy (non-hydrogen) atoms. The highest BCUT2D eigenvalue weighted by Gasteiger charge is 2.24. The summed E-state index contributed by atoms with van der Waals surface area (Å²) in [6.45, 7) is 16.1. The first-order valence-corrected chi connectivity index (χ1v) is 12.1. The largest absolute Gasteiger partial charge is 0.310 e. The molecule has 1 aliphatic carbocycles. The Bertz CT molecular complexity index is 866. The zero-order valence-electron chi connectivity index (χ0n) is 20.0. The van der Waals surface area contributed by atoms with Crippen LogP contribution in [-0.2, 0) is 24.7 Å². The van der Waals surface area contributed by atoms with Crippen molar-refractivity contribution in [2.75, 3.05) is 6.54 Å². The summed E-state index contributed by atoms with van der Waals surface area (Å²) in [5.41, 5.74) is 8.65. The number of rotatable bonds is 11. The van der Waals surface area contributed by atoms with Gasteiger partial charge in [0.1, 0.15) is 0 Å². The van der Waals surface area contributed by atoms with Crippen LogP contribution >= 0.6 is 0 Å². The number of unbranched alkanes of at least 4 members (excludes halogenated alkanes) is 3. The molecular formula is C30H41N. The number of fused-ring (bicyclic) bond motifs is 1. The number of nitrogens with one attached hydrogen (secondary N) is 1. The Morgan fingerprint density at radius 1 is 0.935 bits per heavy atom. The number of hydrogen-bond acceptors (Lipinski definition) is 1. The van der Waals surface area contributed by atoms with E-state index < -0.39 is 0 Å². The summed E-state index contributed by atoms with van der Waals surface area (Å²) in [6, 6.07) is 16.6. The van der Waals surface area contributed by atoms with Gasteiger partial charge in [-0.25, -0.2) is 0 Å². The van der Waals surface area contributed by atoms with Gasteiger partial charge in [-0.3, -0.25) is 0 Å². The molecule has 0 bridgehead atoms. The standard InChI is InChI=1S/C30H41N/c1-6-7-8-9-10-20-31-29-22-26-21-25(16-19-28(26)23(29)2)13-11-12-24-14-17-27(18-15-24)30(3,4)5/h6,14-19,21,29,31H,1-2,7-13,20,22H2,3-5H3. The second-order valence-electron chi connectivity index (χ2n) is 10.2. The van der Waals surface area contributed by atoms with E-state index in [2.05, 4.69) is 81.7 Å².